The number of rotatable bonds is 5. The molecular formula is C22H27ClN2O3. The molecular weight excluding hydrogens is 376 g/mol. The van der Waals surface area contributed by atoms with Crippen molar-refractivity contribution in [2.24, 2.45) is 0 Å². The molecule has 0 spiro atoms. The summed E-state index contributed by atoms with van der Waals surface area (Å²) in [7, 11) is 1.67. The maximum Gasteiger partial charge on any atom is 0.263 e. The Bertz CT molecular complexity index is 810. The zero-order chi connectivity index (χ0) is 20.1. The number of aryl methyl sites for hydroxylation is 1. The molecule has 150 valence electrons. The van der Waals surface area contributed by atoms with E-state index in [4.69, 9.17) is 21.1 Å². The lowest BCUT2D eigenvalue weighted by Crippen LogP contribution is -2.42. The van der Waals surface area contributed by atoms with Crippen LogP contribution in [0.15, 0.2) is 42.5 Å². The summed E-state index contributed by atoms with van der Waals surface area (Å²) in [4.78, 5) is 17.1. The van der Waals surface area contributed by atoms with Crippen LogP contribution in [-0.4, -0.2) is 50.2 Å². The number of nitrogens with zero attached hydrogens (tertiary/aromatic N) is 2. The highest BCUT2D eigenvalue weighted by Crippen LogP contribution is 2.23. The van der Waals surface area contributed by atoms with E-state index >= 15 is 0 Å². The van der Waals surface area contributed by atoms with Gasteiger partial charge in [-0.05, 0) is 68.3 Å². The van der Waals surface area contributed by atoms with Crippen LogP contribution in [0.2, 0.25) is 5.02 Å². The number of carbonyl (C=O) groups excluding carboxylic acids is 1. The van der Waals surface area contributed by atoms with E-state index in [0.717, 1.165) is 43.1 Å². The Morgan fingerprint density at radius 3 is 2.43 bits per heavy atom. The van der Waals surface area contributed by atoms with Gasteiger partial charge in [0.15, 0.2) is 6.10 Å². The number of amides is 1. The Morgan fingerprint density at radius 2 is 1.75 bits per heavy atom. The van der Waals surface area contributed by atoms with Gasteiger partial charge in [0, 0.05) is 36.9 Å². The van der Waals surface area contributed by atoms with Crippen LogP contribution in [-0.2, 0) is 4.79 Å². The number of carbonyl (C=O) groups is 1. The van der Waals surface area contributed by atoms with Crippen molar-refractivity contribution in [3.05, 3.63) is 53.1 Å². The molecule has 0 aromatic heterocycles. The molecule has 0 aliphatic carbocycles. The summed E-state index contributed by atoms with van der Waals surface area (Å²) in [5, 5.41) is 0.692. The van der Waals surface area contributed by atoms with Crippen molar-refractivity contribution >= 4 is 23.2 Å². The largest absolute Gasteiger partial charge is 0.497 e. The highest BCUT2D eigenvalue weighted by Gasteiger charge is 2.25. The Balaban J connectivity index is 1.59. The fourth-order valence-electron chi connectivity index (χ4n) is 3.39. The van der Waals surface area contributed by atoms with Crippen molar-refractivity contribution in [2.45, 2.75) is 26.4 Å². The van der Waals surface area contributed by atoms with Crippen molar-refractivity contribution in [3.63, 3.8) is 0 Å². The number of hydrogen-bond donors (Lipinski definition) is 0. The summed E-state index contributed by atoms with van der Waals surface area (Å²) in [6, 6.07) is 13.5. The second kappa shape index (κ2) is 9.20. The summed E-state index contributed by atoms with van der Waals surface area (Å²) in [5.74, 6) is 1.53. The van der Waals surface area contributed by atoms with Crippen LogP contribution in [0.25, 0.3) is 0 Å². The molecule has 1 heterocycles. The highest BCUT2D eigenvalue weighted by molar-refractivity contribution is 6.31. The van der Waals surface area contributed by atoms with Gasteiger partial charge < -0.3 is 19.3 Å². The first kappa shape index (κ1) is 20.3. The molecule has 0 radical (unpaired) electrons. The number of methoxy groups -OCH3 is 1. The molecule has 1 aliphatic rings. The summed E-state index contributed by atoms with van der Waals surface area (Å²) in [6.07, 6.45) is 0.387. The van der Waals surface area contributed by atoms with Crippen LogP contribution in [0.5, 0.6) is 11.5 Å². The fraction of sp³-hybridized carbons (Fsp3) is 0.409. The number of anilines is 1. The molecule has 1 amide bonds. The van der Waals surface area contributed by atoms with E-state index in [-0.39, 0.29) is 5.91 Å². The van der Waals surface area contributed by atoms with Crippen LogP contribution in [0.1, 0.15) is 18.9 Å². The first-order chi connectivity index (χ1) is 13.5. The van der Waals surface area contributed by atoms with Gasteiger partial charge in [0.25, 0.3) is 5.91 Å². The van der Waals surface area contributed by atoms with E-state index in [0.29, 0.717) is 17.3 Å². The van der Waals surface area contributed by atoms with Crippen LogP contribution >= 0.6 is 11.6 Å². The lowest BCUT2D eigenvalue weighted by molar-refractivity contribution is -0.137. The molecule has 5 nitrogen and oxygen atoms in total. The zero-order valence-electron chi connectivity index (χ0n) is 16.7. The third kappa shape index (κ3) is 4.90. The molecule has 2 aromatic carbocycles. The van der Waals surface area contributed by atoms with Crippen LogP contribution in [0.4, 0.5) is 5.69 Å². The third-order valence-corrected chi connectivity index (χ3v) is 5.46. The van der Waals surface area contributed by atoms with E-state index in [1.165, 1.54) is 0 Å². The van der Waals surface area contributed by atoms with Crippen LogP contribution in [0.3, 0.4) is 0 Å². The highest BCUT2D eigenvalue weighted by atomic mass is 35.5. The molecule has 0 bridgehead atoms. The quantitative estimate of drug-likeness (QED) is 0.753. The minimum Gasteiger partial charge on any atom is -0.497 e. The van der Waals surface area contributed by atoms with Gasteiger partial charge in [-0.3, -0.25) is 4.79 Å². The van der Waals surface area contributed by atoms with E-state index in [2.05, 4.69) is 17.0 Å². The van der Waals surface area contributed by atoms with E-state index in [9.17, 15) is 4.79 Å². The summed E-state index contributed by atoms with van der Waals surface area (Å²) >= 11 is 6.06. The van der Waals surface area contributed by atoms with Gasteiger partial charge in [-0.25, -0.2) is 0 Å². The van der Waals surface area contributed by atoms with Gasteiger partial charge in [0.1, 0.15) is 11.5 Å². The number of ether oxygens (including phenoxy) is 2. The molecule has 0 N–H and O–H groups in total. The van der Waals surface area contributed by atoms with E-state index < -0.39 is 6.10 Å². The molecule has 1 fully saturated rings. The number of benzene rings is 2. The molecule has 1 saturated heterocycles. The monoisotopic (exact) mass is 402 g/mol. The Kier molecular flexibility index (Phi) is 6.68. The maximum atomic E-state index is 12.9. The summed E-state index contributed by atoms with van der Waals surface area (Å²) in [6.45, 7) is 6.85. The molecule has 2 aromatic rings. The zero-order valence-corrected chi connectivity index (χ0v) is 17.4. The smallest absolute Gasteiger partial charge is 0.263 e. The normalized spacial score (nSPS) is 15.7. The SMILES string of the molecule is COc1ccc(N2CCCN(C(=O)C(C)Oc3ccc(Cl)c(C)c3)CC2)cc1. The number of hydrogen-bond acceptors (Lipinski definition) is 4. The van der Waals surface area contributed by atoms with E-state index in [1.807, 2.05) is 30.0 Å². The van der Waals surface area contributed by atoms with Gasteiger partial charge in [-0.1, -0.05) is 11.6 Å². The van der Waals surface area contributed by atoms with Crippen LogP contribution < -0.4 is 14.4 Å². The van der Waals surface area contributed by atoms with E-state index in [1.54, 1.807) is 26.2 Å². The van der Waals surface area contributed by atoms with Crippen molar-refractivity contribution in [2.75, 3.05) is 38.2 Å². The van der Waals surface area contributed by atoms with Gasteiger partial charge in [0.05, 0.1) is 7.11 Å². The molecule has 3 rings (SSSR count). The van der Waals surface area contributed by atoms with Crippen molar-refractivity contribution < 1.29 is 14.3 Å². The maximum absolute atomic E-state index is 12.9. The van der Waals surface area contributed by atoms with Gasteiger partial charge >= 0.3 is 0 Å². The van der Waals surface area contributed by atoms with Crippen molar-refractivity contribution in [3.8, 4) is 11.5 Å². The van der Waals surface area contributed by atoms with Gasteiger partial charge in [-0.15, -0.1) is 0 Å². The Labute approximate surface area is 171 Å². The van der Waals surface area contributed by atoms with Crippen molar-refractivity contribution in [1.82, 2.24) is 4.90 Å². The second-order valence-corrected chi connectivity index (χ2v) is 7.44. The molecule has 28 heavy (non-hydrogen) atoms. The molecule has 1 aliphatic heterocycles. The summed E-state index contributed by atoms with van der Waals surface area (Å²) in [5.41, 5.74) is 2.08. The first-order valence-corrected chi connectivity index (χ1v) is 9.96. The average molecular weight is 403 g/mol. The standard InChI is InChI=1S/C22H27ClN2O3/c1-16-15-20(9-10-21(16)23)28-17(2)22(26)25-12-4-11-24(13-14-25)18-5-7-19(27-3)8-6-18/h5-10,15,17H,4,11-14H2,1-3H3. The Morgan fingerprint density at radius 1 is 1.04 bits per heavy atom. The lowest BCUT2D eigenvalue weighted by Gasteiger charge is -2.26. The van der Waals surface area contributed by atoms with Gasteiger partial charge in [-0.2, -0.15) is 0 Å². The topological polar surface area (TPSA) is 42.0 Å². The average Bonchev–Trinajstić information content (AvgIpc) is 2.96. The molecule has 1 atom stereocenters. The molecule has 1 unspecified atom stereocenters. The molecule has 6 heteroatoms. The third-order valence-electron chi connectivity index (χ3n) is 5.04. The second-order valence-electron chi connectivity index (χ2n) is 7.03. The summed E-state index contributed by atoms with van der Waals surface area (Å²) < 4.78 is 11.1. The van der Waals surface area contributed by atoms with Crippen LogP contribution in [0, 0.1) is 6.92 Å². The minimum absolute atomic E-state index is 0.0178. The fourth-order valence-corrected chi connectivity index (χ4v) is 3.51. The predicted octanol–water partition coefficient (Wildman–Crippen LogP) is 4.16. The van der Waals surface area contributed by atoms with Gasteiger partial charge in [0.2, 0.25) is 0 Å². The first-order valence-electron chi connectivity index (χ1n) is 9.58. The number of halogens is 1. The lowest BCUT2D eigenvalue weighted by atomic mass is 10.2. The molecule has 0 saturated carbocycles. The van der Waals surface area contributed by atoms with Crippen molar-refractivity contribution in [1.29, 1.82) is 0 Å². The predicted molar refractivity (Wildman–Crippen MR) is 113 cm³/mol. The minimum atomic E-state index is -0.534. The Hall–Kier alpha value is -2.40.